The van der Waals surface area contributed by atoms with Crippen LogP contribution in [0.5, 0.6) is 0 Å². The molecule has 0 saturated carbocycles. The first kappa shape index (κ1) is 8.24. The number of aromatic nitrogens is 2. The SMILES string of the molecule is CCCCCCc1n[c]no1. The van der Waals surface area contributed by atoms with E-state index in [9.17, 15) is 0 Å². The van der Waals surface area contributed by atoms with E-state index in [-0.39, 0.29) is 0 Å². The molecule has 0 aliphatic heterocycles. The highest BCUT2D eigenvalue weighted by atomic mass is 16.5. The van der Waals surface area contributed by atoms with E-state index < -0.39 is 0 Å². The van der Waals surface area contributed by atoms with Gasteiger partial charge in [0.05, 0.1) is 0 Å². The Morgan fingerprint density at radius 3 is 2.91 bits per heavy atom. The van der Waals surface area contributed by atoms with Gasteiger partial charge >= 0.3 is 0 Å². The van der Waals surface area contributed by atoms with E-state index in [1.54, 1.807) is 0 Å². The molecule has 0 atom stereocenters. The summed E-state index contributed by atoms with van der Waals surface area (Å²) >= 11 is 0. The Morgan fingerprint density at radius 2 is 2.27 bits per heavy atom. The van der Waals surface area contributed by atoms with Crippen molar-refractivity contribution in [3.63, 3.8) is 0 Å². The topological polar surface area (TPSA) is 38.9 Å². The summed E-state index contributed by atoms with van der Waals surface area (Å²) < 4.78 is 4.80. The third-order valence-corrected chi connectivity index (χ3v) is 1.61. The molecule has 0 unspecified atom stereocenters. The Balaban J connectivity index is 2.04. The van der Waals surface area contributed by atoms with Crippen molar-refractivity contribution in [2.75, 3.05) is 0 Å². The van der Waals surface area contributed by atoms with E-state index in [1.807, 2.05) is 0 Å². The van der Waals surface area contributed by atoms with Crippen LogP contribution in [0.4, 0.5) is 0 Å². The average Bonchev–Trinajstić information content (AvgIpc) is 2.50. The van der Waals surface area contributed by atoms with Crippen LogP contribution in [0.1, 0.15) is 38.5 Å². The lowest BCUT2D eigenvalue weighted by Gasteiger charge is -1.93. The quantitative estimate of drug-likeness (QED) is 0.607. The van der Waals surface area contributed by atoms with Gasteiger partial charge in [-0.3, -0.25) is 0 Å². The van der Waals surface area contributed by atoms with E-state index >= 15 is 0 Å². The van der Waals surface area contributed by atoms with E-state index in [2.05, 4.69) is 23.4 Å². The number of hydrogen-bond donors (Lipinski definition) is 0. The molecule has 1 rings (SSSR count). The average molecular weight is 153 g/mol. The zero-order valence-corrected chi connectivity index (χ0v) is 6.84. The fourth-order valence-corrected chi connectivity index (χ4v) is 0.974. The molecule has 0 saturated heterocycles. The fourth-order valence-electron chi connectivity index (χ4n) is 0.974. The zero-order chi connectivity index (χ0) is 7.94. The molecule has 1 radical (unpaired) electrons. The number of nitrogens with zero attached hydrogens (tertiary/aromatic N) is 2. The van der Waals surface area contributed by atoms with Crippen LogP contribution in [0, 0.1) is 6.33 Å². The van der Waals surface area contributed by atoms with Crippen LogP contribution in [0.3, 0.4) is 0 Å². The molecule has 3 nitrogen and oxygen atoms in total. The second kappa shape index (κ2) is 4.88. The predicted molar refractivity (Wildman–Crippen MR) is 41.0 cm³/mol. The number of unbranched alkanes of at least 4 members (excludes halogenated alkanes) is 3. The van der Waals surface area contributed by atoms with E-state index in [4.69, 9.17) is 4.52 Å². The summed E-state index contributed by atoms with van der Waals surface area (Å²) in [6, 6.07) is 0. The standard InChI is InChI=1S/C8H13N2O/c1-2-3-4-5-6-8-9-7-10-11-8/h2-6H2,1H3. The molecule has 0 N–H and O–H groups in total. The van der Waals surface area contributed by atoms with Crippen LogP contribution in [0.2, 0.25) is 0 Å². The Kier molecular flexibility index (Phi) is 3.65. The molecule has 11 heavy (non-hydrogen) atoms. The summed E-state index contributed by atoms with van der Waals surface area (Å²) in [4.78, 5) is 3.81. The van der Waals surface area contributed by atoms with Crippen molar-refractivity contribution in [3.05, 3.63) is 12.2 Å². The van der Waals surface area contributed by atoms with Crippen molar-refractivity contribution in [3.8, 4) is 0 Å². The summed E-state index contributed by atoms with van der Waals surface area (Å²) in [6.45, 7) is 2.19. The molecule has 0 aliphatic rings. The summed E-state index contributed by atoms with van der Waals surface area (Å²) in [5, 5.41) is 3.41. The molecule has 0 amide bonds. The van der Waals surface area contributed by atoms with Gasteiger partial charge in [-0.05, 0) is 6.42 Å². The minimum absolute atomic E-state index is 0.709. The zero-order valence-electron chi connectivity index (χ0n) is 6.84. The highest BCUT2D eigenvalue weighted by molar-refractivity contribution is 4.72. The lowest BCUT2D eigenvalue weighted by atomic mass is 10.1. The van der Waals surface area contributed by atoms with Crippen LogP contribution >= 0.6 is 0 Å². The van der Waals surface area contributed by atoms with Gasteiger partial charge < -0.3 is 4.52 Å². The molecule has 0 bridgehead atoms. The van der Waals surface area contributed by atoms with Gasteiger partial charge in [0.1, 0.15) is 0 Å². The minimum Gasteiger partial charge on any atom is -0.339 e. The van der Waals surface area contributed by atoms with Crippen molar-refractivity contribution < 1.29 is 4.52 Å². The highest BCUT2D eigenvalue weighted by Crippen LogP contribution is 2.03. The molecule has 1 aromatic heterocycles. The van der Waals surface area contributed by atoms with Crippen LogP contribution in [-0.2, 0) is 6.42 Å². The van der Waals surface area contributed by atoms with Crippen molar-refractivity contribution in [1.29, 1.82) is 0 Å². The third kappa shape index (κ3) is 3.16. The number of rotatable bonds is 5. The van der Waals surface area contributed by atoms with Crippen molar-refractivity contribution in [1.82, 2.24) is 10.1 Å². The van der Waals surface area contributed by atoms with E-state index in [0.29, 0.717) is 5.89 Å². The Bertz CT molecular complexity index is 172. The third-order valence-electron chi connectivity index (χ3n) is 1.61. The number of aryl methyl sites for hydroxylation is 1. The maximum atomic E-state index is 4.80. The van der Waals surface area contributed by atoms with Gasteiger partial charge in [0.25, 0.3) is 0 Å². The molecule has 0 aromatic carbocycles. The Hall–Kier alpha value is -0.860. The molecule has 0 aliphatic carbocycles. The summed E-state index contributed by atoms with van der Waals surface area (Å²) in [5.74, 6) is 0.709. The molecule has 1 heterocycles. The minimum atomic E-state index is 0.709. The predicted octanol–water partition coefficient (Wildman–Crippen LogP) is 1.99. The van der Waals surface area contributed by atoms with Crippen molar-refractivity contribution in [2.45, 2.75) is 39.0 Å². The summed E-state index contributed by atoms with van der Waals surface area (Å²) in [7, 11) is 0. The lowest BCUT2D eigenvalue weighted by Crippen LogP contribution is -1.84. The van der Waals surface area contributed by atoms with Gasteiger partial charge in [-0.2, -0.15) is 4.98 Å². The second-order valence-corrected chi connectivity index (χ2v) is 2.60. The molecule has 1 aromatic rings. The lowest BCUT2D eigenvalue weighted by molar-refractivity contribution is 0.372. The van der Waals surface area contributed by atoms with Gasteiger partial charge in [-0.25, -0.2) is 0 Å². The first-order valence-electron chi connectivity index (χ1n) is 4.12. The summed E-state index contributed by atoms with van der Waals surface area (Å²) in [5.41, 5.74) is 0. The molecule has 0 fully saturated rings. The Labute approximate surface area is 66.8 Å². The normalized spacial score (nSPS) is 10.3. The monoisotopic (exact) mass is 153 g/mol. The fraction of sp³-hybridized carbons (Fsp3) is 0.750. The molecule has 61 valence electrons. The summed E-state index contributed by atoms with van der Waals surface area (Å²) in [6.07, 6.45) is 8.24. The largest absolute Gasteiger partial charge is 0.339 e. The first-order chi connectivity index (χ1) is 5.43. The van der Waals surface area contributed by atoms with Gasteiger partial charge in [0.15, 0.2) is 0 Å². The van der Waals surface area contributed by atoms with Gasteiger partial charge in [0.2, 0.25) is 12.2 Å². The van der Waals surface area contributed by atoms with Crippen LogP contribution in [-0.4, -0.2) is 10.1 Å². The molecular weight excluding hydrogens is 140 g/mol. The van der Waals surface area contributed by atoms with Crippen LogP contribution in [0.25, 0.3) is 0 Å². The van der Waals surface area contributed by atoms with Gasteiger partial charge in [-0.1, -0.05) is 31.3 Å². The molecule has 0 spiro atoms. The van der Waals surface area contributed by atoms with E-state index in [0.717, 1.165) is 12.8 Å². The maximum absolute atomic E-state index is 4.80. The van der Waals surface area contributed by atoms with Gasteiger partial charge in [-0.15, -0.1) is 0 Å². The maximum Gasteiger partial charge on any atom is 0.243 e. The second-order valence-electron chi connectivity index (χ2n) is 2.60. The Morgan fingerprint density at radius 1 is 1.36 bits per heavy atom. The molecular formula is C8H13N2O. The smallest absolute Gasteiger partial charge is 0.243 e. The van der Waals surface area contributed by atoms with E-state index in [1.165, 1.54) is 19.3 Å². The first-order valence-corrected chi connectivity index (χ1v) is 4.12. The van der Waals surface area contributed by atoms with Crippen LogP contribution < -0.4 is 0 Å². The highest BCUT2D eigenvalue weighted by Gasteiger charge is 1.97. The van der Waals surface area contributed by atoms with Crippen molar-refractivity contribution >= 4 is 0 Å². The number of hydrogen-bond acceptors (Lipinski definition) is 3. The van der Waals surface area contributed by atoms with Crippen molar-refractivity contribution in [2.24, 2.45) is 0 Å². The van der Waals surface area contributed by atoms with Gasteiger partial charge in [0, 0.05) is 6.42 Å². The van der Waals surface area contributed by atoms with Crippen LogP contribution in [0.15, 0.2) is 4.52 Å². The molecule has 3 heteroatoms.